The number of likely N-dealkylation sites (N-methyl/N-ethyl adjacent to an activating group) is 1. The van der Waals surface area contributed by atoms with Crippen molar-refractivity contribution in [2.75, 3.05) is 12.8 Å². The molecule has 0 saturated heterocycles. The van der Waals surface area contributed by atoms with Crippen LogP contribution in [0.3, 0.4) is 0 Å². The van der Waals surface area contributed by atoms with Gasteiger partial charge in [-0.1, -0.05) is 23.7 Å². The minimum Gasteiger partial charge on any atom is -0.489 e. The number of anilines is 1. The fourth-order valence-corrected chi connectivity index (χ4v) is 2.73. The second kappa shape index (κ2) is 9.28. The predicted octanol–water partition coefficient (Wildman–Crippen LogP) is 2.80. The summed E-state index contributed by atoms with van der Waals surface area (Å²) in [6, 6.07) is 11.2. The molecule has 0 fully saturated rings. The van der Waals surface area contributed by atoms with Crippen molar-refractivity contribution in [1.82, 2.24) is 10.6 Å². The lowest BCUT2D eigenvalue weighted by molar-refractivity contribution is -0.122. The molecule has 2 aromatic rings. The molecule has 4 N–H and O–H groups in total. The number of amides is 2. The van der Waals surface area contributed by atoms with Crippen LogP contribution in [0, 0.1) is 0 Å². The molecule has 1 atom stereocenters. The van der Waals surface area contributed by atoms with Crippen molar-refractivity contribution in [3.8, 4) is 5.75 Å². The zero-order chi connectivity index (χ0) is 20.0. The number of nitrogen functional groups attached to an aromatic ring is 1. The molecule has 2 rings (SSSR count). The maximum Gasteiger partial charge on any atom is 0.251 e. The number of hydrogen-bond acceptors (Lipinski definition) is 4. The van der Waals surface area contributed by atoms with E-state index in [1.165, 1.54) is 13.1 Å². The Bertz CT molecular complexity index is 807. The summed E-state index contributed by atoms with van der Waals surface area (Å²) in [5.41, 5.74) is 7.56. The van der Waals surface area contributed by atoms with Gasteiger partial charge in [-0.05, 0) is 49.7 Å². The topological polar surface area (TPSA) is 93.5 Å². The van der Waals surface area contributed by atoms with Gasteiger partial charge in [-0.3, -0.25) is 9.59 Å². The summed E-state index contributed by atoms with van der Waals surface area (Å²) in [6.45, 7) is 3.78. The van der Waals surface area contributed by atoms with Crippen LogP contribution >= 0.6 is 11.6 Å². The molecule has 2 aromatic carbocycles. The van der Waals surface area contributed by atoms with Crippen molar-refractivity contribution in [2.45, 2.75) is 32.4 Å². The third-order valence-corrected chi connectivity index (χ3v) is 4.14. The average Bonchev–Trinajstić information content (AvgIpc) is 2.63. The lowest BCUT2D eigenvalue weighted by atomic mass is 10.0. The molecule has 0 aromatic heterocycles. The van der Waals surface area contributed by atoms with Gasteiger partial charge in [0.05, 0.1) is 11.1 Å². The van der Waals surface area contributed by atoms with Gasteiger partial charge < -0.3 is 21.1 Å². The summed E-state index contributed by atoms with van der Waals surface area (Å²) >= 11 is 6.19. The van der Waals surface area contributed by atoms with Gasteiger partial charge in [0, 0.05) is 24.7 Å². The molecule has 0 unspecified atom stereocenters. The first kappa shape index (κ1) is 20.6. The third kappa shape index (κ3) is 5.89. The van der Waals surface area contributed by atoms with Crippen LogP contribution in [0.15, 0.2) is 42.5 Å². The SMILES string of the molecule is CNC(=O)[C@H](Cc1ccc(N)cc1)NC(=O)c1ccc(OC(C)C)c(Cl)c1. The Balaban J connectivity index is 2.14. The minimum atomic E-state index is -0.725. The van der Waals surface area contributed by atoms with Crippen LogP contribution in [-0.2, 0) is 11.2 Å². The maximum absolute atomic E-state index is 12.6. The van der Waals surface area contributed by atoms with Gasteiger partial charge in [-0.2, -0.15) is 0 Å². The van der Waals surface area contributed by atoms with E-state index in [0.717, 1.165) is 5.56 Å². The normalized spacial score (nSPS) is 11.7. The van der Waals surface area contributed by atoms with Crippen LogP contribution in [0.5, 0.6) is 5.75 Å². The van der Waals surface area contributed by atoms with E-state index in [-0.39, 0.29) is 12.0 Å². The van der Waals surface area contributed by atoms with Crippen molar-refractivity contribution in [3.05, 3.63) is 58.6 Å². The second-order valence-corrected chi connectivity index (χ2v) is 6.81. The quantitative estimate of drug-likeness (QED) is 0.635. The first-order valence-corrected chi connectivity index (χ1v) is 9.01. The summed E-state index contributed by atoms with van der Waals surface area (Å²) < 4.78 is 5.57. The largest absolute Gasteiger partial charge is 0.489 e. The van der Waals surface area contributed by atoms with E-state index in [1.807, 2.05) is 26.0 Å². The van der Waals surface area contributed by atoms with Gasteiger partial charge in [0.15, 0.2) is 0 Å². The molecule has 0 heterocycles. The summed E-state index contributed by atoms with van der Waals surface area (Å²) in [6.07, 6.45) is 0.313. The Morgan fingerprint density at radius 1 is 1.15 bits per heavy atom. The van der Waals surface area contributed by atoms with E-state index in [0.29, 0.717) is 28.4 Å². The number of hydrogen-bond donors (Lipinski definition) is 3. The Kier molecular flexibility index (Phi) is 7.07. The predicted molar refractivity (Wildman–Crippen MR) is 107 cm³/mol. The van der Waals surface area contributed by atoms with Crippen molar-refractivity contribution < 1.29 is 14.3 Å². The van der Waals surface area contributed by atoms with Crippen LogP contribution in [0.2, 0.25) is 5.02 Å². The zero-order valence-corrected chi connectivity index (χ0v) is 16.3. The number of ether oxygens (including phenoxy) is 1. The van der Waals surface area contributed by atoms with E-state index in [4.69, 9.17) is 22.1 Å². The number of nitrogens with two attached hydrogens (primary N) is 1. The molecule has 2 amide bonds. The van der Waals surface area contributed by atoms with Crippen molar-refractivity contribution in [3.63, 3.8) is 0 Å². The first-order chi connectivity index (χ1) is 12.8. The molecule has 0 spiro atoms. The van der Waals surface area contributed by atoms with Crippen LogP contribution in [-0.4, -0.2) is 31.0 Å². The van der Waals surface area contributed by atoms with Gasteiger partial charge in [0.25, 0.3) is 5.91 Å². The third-order valence-electron chi connectivity index (χ3n) is 3.84. The highest BCUT2D eigenvalue weighted by atomic mass is 35.5. The molecular formula is C20H24ClN3O3. The molecule has 27 heavy (non-hydrogen) atoms. The highest BCUT2D eigenvalue weighted by Crippen LogP contribution is 2.26. The lowest BCUT2D eigenvalue weighted by Gasteiger charge is -2.18. The molecule has 7 heteroatoms. The van der Waals surface area contributed by atoms with Gasteiger partial charge in [0.1, 0.15) is 11.8 Å². The van der Waals surface area contributed by atoms with Gasteiger partial charge in [-0.25, -0.2) is 0 Å². The van der Waals surface area contributed by atoms with Crippen molar-refractivity contribution in [1.29, 1.82) is 0 Å². The fraction of sp³-hybridized carbons (Fsp3) is 0.300. The van der Waals surface area contributed by atoms with Gasteiger partial charge >= 0.3 is 0 Å². The van der Waals surface area contributed by atoms with Crippen LogP contribution < -0.4 is 21.1 Å². The first-order valence-electron chi connectivity index (χ1n) is 8.63. The molecule has 0 aliphatic carbocycles. The number of carbonyl (C=O) groups is 2. The minimum absolute atomic E-state index is 0.0280. The lowest BCUT2D eigenvalue weighted by Crippen LogP contribution is -2.47. The molecule has 144 valence electrons. The van der Waals surface area contributed by atoms with E-state index < -0.39 is 11.9 Å². The smallest absolute Gasteiger partial charge is 0.251 e. The molecular weight excluding hydrogens is 366 g/mol. The summed E-state index contributed by atoms with van der Waals surface area (Å²) in [5, 5.41) is 5.66. The van der Waals surface area contributed by atoms with E-state index in [1.54, 1.807) is 24.3 Å². The molecule has 0 saturated carbocycles. The number of nitrogens with one attached hydrogen (secondary N) is 2. The number of rotatable bonds is 7. The number of carbonyl (C=O) groups excluding carboxylic acids is 2. The van der Waals surface area contributed by atoms with Gasteiger partial charge in [-0.15, -0.1) is 0 Å². The molecule has 6 nitrogen and oxygen atoms in total. The fourth-order valence-electron chi connectivity index (χ4n) is 2.51. The Labute approximate surface area is 164 Å². The number of benzene rings is 2. The molecule has 0 aliphatic rings. The summed E-state index contributed by atoms with van der Waals surface area (Å²) in [5.74, 6) is -0.170. The summed E-state index contributed by atoms with van der Waals surface area (Å²) in [7, 11) is 1.53. The molecule has 0 bridgehead atoms. The Morgan fingerprint density at radius 2 is 1.81 bits per heavy atom. The second-order valence-electron chi connectivity index (χ2n) is 6.40. The van der Waals surface area contributed by atoms with Crippen LogP contribution in [0.25, 0.3) is 0 Å². The van der Waals surface area contributed by atoms with E-state index in [9.17, 15) is 9.59 Å². The van der Waals surface area contributed by atoms with E-state index >= 15 is 0 Å². The van der Waals surface area contributed by atoms with Crippen molar-refractivity contribution >= 4 is 29.1 Å². The zero-order valence-electron chi connectivity index (χ0n) is 15.6. The van der Waals surface area contributed by atoms with E-state index in [2.05, 4.69) is 10.6 Å². The monoisotopic (exact) mass is 389 g/mol. The molecule has 0 radical (unpaired) electrons. The maximum atomic E-state index is 12.6. The average molecular weight is 390 g/mol. The standard InChI is InChI=1S/C20H24ClN3O3/c1-12(2)27-18-9-6-14(11-16(18)21)19(25)24-17(20(26)23-3)10-13-4-7-15(22)8-5-13/h4-9,11-12,17H,10,22H2,1-3H3,(H,23,26)(H,24,25)/t17-/m0/s1. The Morgan fingerprint density at radius 3 is 2.37 bits per heavy atom. The number of halogens is 1. The highest BCUT2D eigenvalue weighted by molar-refractivity contribution is 6.32. The van der Waals surface area contributed by atoms with Crippen molar-refractivity contribution in [2.24, 2.45) is 0 Å². The van der Waals surface area contributed by atoms with Gasteiger partial charge in [0.2, 0.25) is 5.91 Å². The Hall–Kier alpha value is -2.73. The van der Waals surface area contributed by atoms with Crippen LogP contribution in [0.4, 0.5) is 5.69 Å². The highest BCUT2D eigenvalue weighted by Gasteiger charge is 2.21. The van der Waals surface area contributed by atoms with Crippen LogP contribution in [0.1, 0.15) is 29.8 Å². The summed E-state index contributed by atoms with van der Waals surface area (Å²) in [4.78, 5) is 24.8. The molecule has 0 aliphatic heterocycles.